The van der Waals surface area contributed by atoms with E-state index in [0.29, 0.717) is 31.8 Å². The zero-order valence-electron chi connectivity index (χ0n) is 16.2. The van der Waals surface area contributed by atoms with E-state index in [4.69, 9.17) is 4.74 Å². The lowest BCUT2D eigenvalue weighted by Crippen LogP contribution is -2.37. The van der Waals surface area contributed by atoms with Crippen LogP contribution in [0.25, 0.3) is 10.9 Å². The van der Waals surface area contributed by atoms with Crippen LogP contribution in [0.4, 0.5) is 0 Å². The van der Waals surface area contributed by atoms with Crippen molar-refractivity contribution in [3.05, 3.63) is 48.7 Å². The van der Waals surface area contributed by atoms with E-state index >= 15 is 0 Å². The maximum atomic E-state index is 13.7. The van der Waals surface area contributed by atoms with Crippen LogP contribution in [-0.4, -0.2) is 58.8 Å². The van der Waals surface area contributed by atoms with E-state index in [1.165, 1.54) is 0 Å². The zero-order chi connectivity index (χ0) is 20.1. The molecule has 1 aromatic carbocycles. The molecule has 0 aliphatic carbocycles. The van der Waals surface area contributed by atoms with Crippen molar-refractivity contribution >= 4 is 20.9 Å². The summed E-state index contributed by atoms with van der Waals surface area (Å²) in [6.45, 7) is 2.12. The van der Waals surface area contributed by atoms with Crippen molar-refractivity contribution in [2.24, 2.45) is 12.5 Å². The number of benzene rings is 1. The Morgan fingerprint density at radius 3 is 2.72 bits per heavy atom. The Balaban J connectivity index is 1.58. The van der Waals surface area contributed by atoms with Gasteiger partial charge in [0.05, 0.1) is 5.52 Å². The first-order valence-corrected chi connectivity index (χ1v) is 11.2. The predicted molar refractivity (Wildman–Crippen MR) is 107 cm³/mol. The monoisotopic (exact) mass is 413 g/mol. The Kier molecular flexibility index (Phi) is 4.41. The maximum Gasteiger partial charge on any atom is 0.245 e. The van der Waals surface area contributed by atoms with E-state index in [1.807, 2.05) is 29.8 Å². The van der Waals surface area contributed by atoms with Gasteiger partial charge in [0, 0.05) is 50.9 Å². The van der Waals surface area contributed by atoms with Gasteiger partial charge in [0.1, 0.15) is 17.0 Å². The lowest BCUT2D eigenvalue weighted by Gasteiger charge is -2.37. The van der Waals surface area contributed by atoms with E-state index in [0.717, 1.165) is 24.1 Å². The van der Waals surface area contributed by atoms with Crippen molar-refractivity contribution in [3.63, 3.8) is 0 Å². The molecule has 1 atom stereocenters. The van der Waals surface area contributed by atoms with Gasteiger partial charge >= 0.3 is 0 Å². The summed E-state index contributed by atoms with van der Waals surface area (Å²) < 4.78 is 36.5. The van der Waals surface area contributed by atoms with Crippen LogP contribution in [0.1, 0.15) is 24.6 Å². The summed E-state index contributed by atoms with van der Waals surface area (Å²) in [5.74, 6) is 0.817. The second-order valence-electron chi connectivity index (χ2n) is 7.96. The minimum Gasteiger partial charge on any atom is -0.381 e. The SMILES string of the molecule is Cn1cnnc1C1CN(S(=O)(=O)c2cccc3cccnc23)CC12CCOCC2. The molecule has 2 aliphatic heterocycles. The highest BCUT2D eigenvalue weighted by atomic mass is 32.2. The third-order valence-electron chi connectivity index (χ3n) is 6.38. The number of para-hydroxylation sites is 1. The van der Waals surface area contributed by atoms with Gasteiger partial charge in [-0.15, -0.1) is 10.2 Å². The molecule has 0 radical (unpaired) electrons. The Morgan fingerprint density at radius 2 is 1.97 bits per heavy atom. The van der Waals surface area contributed by atoms with Crippen molar-refractivity contribution in [1.29, 1.82) is 0 Å². The fourth-order valence-corrected chi connectivity index (χ4v) is 6.49. The average molecular weight is 414 g/mol. The number of aryl methyl sites for hydroxylation is 1. The second kappa shape index (κ2) is 6.86. The van der Waals surface area contributed by atoms with Gasteiger partial charge < -0.3 is 9.30 Å². The van der Waals surface area contributed by atoms with Crippen molar-refractivity contribution < 1.29 is 13.2 Å². The van der Waals surface area contributed by atoms with Crippen molar-refractivity contribution in [2.45, 2.75) is 23.7 Å². The van der Waals surface area contributed by atoms with Gasteiger partial charge in [-0.1, -0.05) is 18.2 Å². The summed E-state index contributed by atoms with van der Waals surface area (Å²) in [5.41, 5.74) is 0.322. The number of rotatable bonds is 3. The summed E-state index contributed by atoms with van der Waals surface area (Å²) in [7, 11) is -1.79. The first-order chi connectivity index (χ1) is 14.0. The van der Waals surface area contributed by atoms with Crippen LogP contribution >= 0.6 is 0 Å². The van der Waals surface area contributed by atoms with Gasteiger partial charge in [-0.3, -0.25) is 4.98 Å². The van der Waals surface area contributed by atoms with Crippen LogP contribution in [0.3, 0.4) is 0 Å². The summed E-state index contributed by atoms with van der Waals surface area (Å²) in [5, 5.41) is 9.18. The third-order valence-corrected chi connectivity index (χ3v) is 8.22. The topological polar surface area (TPSA) is 90.2 Å². The van der Waals surface area contributed by atoms with Gasteiger partial charge in [0.25, 0.3) is 0 Å². The van der Waals surface area contributed by atoms with Crippen molar-refractivity contribution in [1.82, 2.24) is 24.1 Å². The molecule has 1 spiro atoms. The molecule has 0 bridgehead atoms. The Hall–Kier alpha value is -2.36. The molecule has 3 aromatic rings. The minimum atomic E-state index is -3.70. The molecule has 29 heavy (non-hydrogen) atoms. The van der Waals surface area contributed by atoms with E-state index in [-0.39, 0.29) is 16.2 Å². The standard InChI is InChI=1S/C20H23N5O3S/c1-24-14-22-23-19(24)16-12-25(13-20(16)7-10-28-11-8-20)29(26,27)17-6-2-4-15-5-3-9-21-18(15)17/h2-6,9,14,16H,7-8,10-13H2,1H3. The van der Waals surface area contributed by atoms with Crippen molar-refractivity contribution in [2.75, 3.05) is 26.3 Å². The normalized spacial score (nSPS) is 22.4. The molecular formula is C20H23N5O3S. The smallest absolute Gasteiger partial charge is 0.245 e. The summed E-state index contributed by atoms with van der Waals surface area (Å²) >= 11 is 0. The lowest BCUT2D eigenvalue weighted by atomic mass is 9.72. The van der Waals surface area contributed by atoms with Gasteiger partial charge in [-0.05, 0) is 30.4 Å². The molecule has 1 unspecified atom stereocenters. The van der Waals surface area contributed by atoms with E-state index < -0.39 is 10.0 Å². The van der Waals surface area contributed by atoms with Crippen LogP contribution in [0, 0.1) is 5.41 Å². The Bertz CT molecular complexity index is 1150. The number of aromatic nitrogens is 4. The number of fused-ring (bicyclic) bond motifs is 1. The lowest BCUT2D eigenvalue weighted by molar-refractivity contribution is 0.0131. The average Bonchev–Trinajstić information content (AvgIpc) is 3.32. The number of hydrogen-bond donors (Lipinski definition) is 0. The van der Waals surface area contributed by atoms with Gasteiger partial charge in [0.2, 0.25) is 10.0 Å². The van der Waals surface area contributed by atoms with Gasteiger partial charge in [0.15, 0.2) is 0 Å². The molecule has 9 heteroatoms. The van der Waals surface area contributed by atoms with E-state index in [2.05, 4.69) is 15.2 Å². The molecule has 2 saturated heterocycles. The first kappa shape index (κ1) is 18.7. The summed E-state index contributed by atoms with van der Waals surface area (Å²) in [6, 6.07) is 9.01. The maximum absolute atomic E-state index is 13.7. The quantitative estimate of drug-likeness (QED) is 0.652. The Morgan fingerprint density at radius 1 is 1.17 bits per heavy atom. The first-order valence-electron chi connectivity index (χ1n) is 9.77. The number of nitrogens with zero attached hydrogens (tertiary/aromatic N) is 5. The molecule has 0 N–H and O–H groups in total. The molecule has 8 nitrogen and oxygen atoms in total. The highest BCUT2D eigenvalue weighted by molar-refractivity contribution is 7.89. The fourth-order valence-electron chi connectivity index (χ4n) is 4.78. The Labute approximate surface area is 169 Å². The molecule has 0 saturated carbocycles. The van der Waals surface area contributed by atoms with Crippen molar-refractivity contribution in [3.8, 4) is 0 Å². The fraction of sp³-hybridized carbons (Fsp3) is 0.450. The van der Waals surface area contributed by atoms with Gasteiger partial charge in [-0.25, -0.2) is 8.42 Å². The van der Waals surface area contributed by atoms with Crippen LogP contribution < -0.4 is 0 Å². The van der Waals surface area contributed by atoms with Crippen LogP contribution in [0.2, 0.25) is 0 Å². The molecule has 2 fully saturated rings. The zero-order valence-corrected chi connectivity index (χ0v) is 17.0. The van der Waals surface area contributed by atoms with Crippen LogP contribution in [-0.2, 0) is 21.8 Å². The number of hydrogen-bond acceptors (Lipinski definition) is 6. The molecule has 152 valence electrons. The number of pyridine rings is 1. The second-order valence-corrected chi connectivity index (χ2v) is 9.86. The predicted octanol–water partition coefficient (Wildman–Crippen LogP) is 1.95. The van der Waals surface area contributed by atoms with E-state index in [1.54, 1.807) is 29.0 Å². The largest absolute Gasteiger partial charge is 0.381 e. The molecular weight excluding hydrogens is 390 g/mol. The summed E-state index contributed by atoms with van der Waals surface area (Å²) in [4.78, 5) is 4.61. The number of ether oxygens (including phenoxy) is 1. The molecule has 5 rings (SSSR count). The molecule has 4 heterocycles. The molecule has 0 amide bonds. The molecule has 2 aliphatic rings. The number of sulfonamides is 1. The van der Waals surface area contributed by atoms with Crippen LogP contribution in [0.5, 0.6) is 0 Å². The van der Waals surface area contributed by atoms with Crippen LogP contribution in [0.15, 0.2) is 47.8 Å². The minimum absolute atomic E-state index is 0.0170. The van der Waals surface area contributed by atoms with E-state index in [9.17, 15) is 8.42 Å². The molecule has 2 aromatic heterocycles. The highest BCUT2D eigenvalue weighted by Gasteiger charge is 2.52. The summed E-state index contributed by atoms with van der Waals surface area (Å²) in [6.07, 6.45) is 4.93. The third kappa shape index (κ3) is 2.95. The van der Waals surface area contributed by atoms with Gasteiger partial charge in [-0.2, -0.15) is 4.31 Å². The highest BCUT2D eigenvalue weighted by Crippen LogP contribution is 2.50.